The Labute approximate surface area is 126 Å². The molecule has 5 heteroatoms. The minimum absolute atomic E-state index is 0.0443. The van der Waals surface area contributed by atoms with Crippen LogP contribution in [0.15, 0.2) is 42.5 Å². The van der Waals surface area contributed by atoms with E-state index < -0.39 is 29.0 Å². The van der Waals surface area contributed by atoms with E-state index in [1.807, 2.05) is 0 Å². The Balaban J connectivity index is 2.31. The standard InChI is InChI=1S/C17H14F2O3/c18-13-10-9-12(11-5-2-1-3-6-11)17(19)16(13)14(20)7-4-8-15(21)22/h1-3,5-6,9-10H,4,7-8H2,(H,21,22). The third-order valence-electron chi connectivity index (χ3n) is 3.25. The molecular formula is C17H14F2O3. The number of halogens is 2. The quantitative estimate of drug-likeness (QED) is 0.818. The second-order valence-electron chi connectivity index (χ2n) is 4.82. The highest BCUT2D eigenvalue weighted by Gasteiger charge is 2.20. The number of rotatable bonds is 6. The molecule has 0 heterocycles. The maximum Gasteiger partial charge on any atom is 0.303 e. The van der Waals surface area contributed by atoms with Gasteiger partial charge in [-0.05, 0) is 24.1 Å². The van der Waals surface area contributed by atoms with E-state index >= 15 is 0 Å². The van der Waals surface area contributed by atoms with E-state index in [-0.39, 0.29) is 24.8 Å². The summed E-state index contributed by atoms with van der Waals surface area (Å²) in [6.45, 7) is 0. The lowest BCUT2D eigenvalue weighted by Gasteiger charge is -2.09. The van der Waals surface area contributed by atoms with Gasteiger partial charge in [-0.2, -0.15) is 0 Å². The lowest BCUT2D eigenvalue weighted by atomic mass is 9.97. The van der Waals surface area contributed by atoms with Crippen molar-refractivity contribution < 1.29 is 23.5 Å². The smallest absolute Gasteiger partial charge is 0.303 e. The van der Waals surface area contributed by atoms with Gasteiger partial charge in [0.1, 0.15) is 11.6 Å². The number of carbonyl (C=O) groups is 2. The largest absolute Gasteiger partial charge is 0.481 e. The molecule has 0 fully saturated rings. The summed E-state index contributed by atoms with van der Waals surface area (Å²) in [5.41, 5.74) is 0.0786. The average molecular weight is 304 g/mol. The fourth-order valence-electron chi connectivity index (χ4n) is 2.17. The van der Waals surface area contributed by atoms with Gasteiger partial charge in [0.2, 0.25) is 0 Å². The first-order valence-electron chi connectivity index (χ1n) is 6.79. The van der Waals surface area contributed by atoms with Crippen LogP contribution in [0.4, 0.5) is 8.78 Å². The van der Waals surface area contributed by atoms with Crippen LogP contribution in [0, 0.1) is 11.6 Å². The lowest BCUT2D eigenvalue weighted by molar-refractivity contribution is -0.137. The zero-order chi connectivity index (χ0) is 16.1. The summed E-state index contributed by atoms with van der Waals surface area (Å²) in [5.74, 6) is -3.62. The molecule has 0 aliphatic heterocycles. The highest BCUT2D eigenvalue weighted by atomic mass is 19.1. The Morgan fingerprint density at radius 1 is 0.955 bits per heavy atom. The maximum absolute atomic E-state index is 14.5. The SMILES string of the molecule is O=C(O)CCCC(=O)c1c(F)ccc(-c2ccccc2)c1F. The summed E-state index contributed by atoms with van der Waals surface area (Å²) in [5, 5.41) is 8.54. The molecule has 0 aliphatic rings. The average Bonchev–Trinajstić information content (AvgIpc) is 2.48. The van der Waals surface area contributed by atoms with Crippen molar-refractivity contribution in [2.24, 2.45) is 0 Å². The van der Waals surface area contributed by atoms with Gasteiger partial charge in [0, 0.05) is 18.4 Å². The van der Waals surface area contributed by atoms with Crippen LogP contribution in [0.5, 0.6) is 0 Å². The number of benzene rings is 2. The molecule has 114 valence electrons. The molecule has 1 N–H and O–H groups in total. The number of ketones is 1. The second kappa shape index (κ2) is 6.93. The number of hydrogen-bond donors (Lipinski definition) is 1. The van der Waals surface area contributed by atoms with Gasteiger partial charge in [-0.25, -0.2) is 8.78 Å². The van der Waals surface area contributed by atoms with E-state index in [0.717, 1.165) is 6.07 Å². The molecule has 2 rings (SSSR count). The zero-order valence-corrected chi connectivity index (χ0v) is 11.7. The highest BCUT2D eigenvalue weighted by Crippen LogP contribution is 2.27. The monoisotopic (exact) mass is 304 g/mol. The molecule has 0 aromatic heterocycles. The predicted molar refractivity (Wildman–Crippen MR) is 77.6 cm³/mol. The molecule has 0 unspecified atom stereocenters. The van der Waals surface area contributed by atoms with E-state index in [4.69, 9.17) is 5.11 Å². The molecule has 0 bridgehead atoms. The third-order valence-corrected chi connectivity index (χ3v) is 3.25. The Bertz CT molecular complexity index is 697. The Kier molecular flexibility index (Phi) is 4.99. The van der Waals surface area contributed by atoms with E-state index in [2.05, 4.69) is 0 Å². The van der Waals surface area contributed by atoms with Crippen LogP contribution < -0.4 is 0 Å². The van der Waals surface area contributed by atoms with E-state index in [0.29, 0.717) is 5.56 Å². The summed E-state index contributed by atoms with van der Waals surface area (Å²) < 4.78 is 28.3. The van der Waals surface area contributed by atoms with Gasteiger partial charge in [-0.3, -0.25) is 9.59 Å². The van der Waals surface area contributed by atoms with Crippen LogP contribution in [0.1, 0.15) is 29.6 Å². The van der Waals surface area contributed by atoms with E-state index in [1.165, 1.54) is 6.07 Å². The summed E-state index contributed by atoms with van der Waals surface area (Å²) in [6.07, 6.45) is -0.381. The van der Waals surface area contributed by atoms with Gasteiger partial charge in [-0.15, -0.1) is 0 Å². The topological polar surface area (TPSA) is 54.4 Å². The number of carbonyl (C=O) groups excluding carboxylic acids is 1. The normalized spacial score (nSPS) is 10.5. The number of carboxylic acids is 1. The molecule has 0 amide bonds. The summed E-state index contributed by atoms with van der Waals surface area (Å²) >= 11 is 0. The van der Waals surface area contributed by atoms with E-state index in [1.54, 1.807) is 30.3 Å². The fraction of sp³-hybridized carbons (Fsp3) is 0.176. The van der Waals surface area contributed by atoms with Gasteiger partial charge in [0.25, 0.3) is 0 Å². The first kappa shape index (κ1) is 15.8. The minimum atomic E-state index is -1.05. The maximum atomic E-state index is 14.5. The van der Waals surface area contributed by atoms with Crippen molar-refractivity contribution in [3.63, 3.8) is 0 Å². The zero-order valence-electron chi connectivity index (χ0n) is 11.7. The van der Waals surface area contributed by atoms with Crippen LogP contribution >= 0.6 is 0 Å². The number of carboxylic acid groups (broad SMARTS) is 1. The van der Waals surface area contributed by atoms with Crippen LogP contribution in [-0.4, -0.2) is 16.9 Å². The van der Waals surface area contributed by atoms with Crippen molar-refractivity contribution in [2.75, 3.05) is 0 Å². The Morgan fingerprint density at radius 2 is 1.64 bits per heavy atom. The van der Waals surface area contributed by atoms with Gasteiger partial charge < -0.3 is 5.11 Å². The van der Waals surface area contributed by atoms with Crippen molar-refractivity contribution in [2.45, 2.75) is 19.3 Å². The summed E-state index contributed by atoms with van der Waals surface area (Å²) in [4.78, 5) is 22.4. The van der Waals surface area contributed by atoms with Crippen molar-refractivity contribution >= 4 is 11.8 Å². The molecule has 3 nitrogen and oxygen atoms in total. The predicted octanol–water partition coefficient (Wildman–Crippen LogP) is 4.07. The van der Waals surface area contributed by atoms with Crippen molar-refractivity contribution in [3.8, 4) is 11.1 Å². The van der Waals surface area contributed by atoms with Crippen molar-refractivity contribution in [1.29, 1.82) is 0 Å². The first-order valence-corrected chi connectivity index (χ1v) is 6.79. The van der Waals surface area contributed by atoms with Crippen LogP contribution in [0.25, 0.3) is 11.1 Å². The summed E-state index contributed by atoms with van der Waals surface area (Å²) in [6, 6.07) is 10.9. The molecule has 0 radical (unpaired) electrons. The van der Waals surface area contributed by atoms with Crippen molar-refractivity contribution in [1.82, 2.24) is 0 Å². The third kappa shape index (κ3) is 3.55. The highest BCUT2D eigenvalue weighted by molar-refractivity contribution is 5.98. The van der Waals surface area contributed by atoms with Crippen LogP contribution in [0.3, 0.4) is 0 Å². The molecular weight excluding hydrogens is 290 g/mol. The van der Waals surface area contributed by atoms with Gasteiger partial charge in [-0.1, -0.05) is 30.3 Å². The second-order valence-corrected chi connectivity index (χ2v) is 4.82. The minimum Gasteiger partial charge on any atom is -0.481 e. The molecule has 0 spiro atoms. The molecule has 0 aliphatic carbocycles. The number of aliphatic carboxylic acids is 1. The number of hydrogen-bond acceptors (Lipinski definition) is 2. The molecule has 2 aromatic carbocycles. The fourth-order valence-corrected chi connectivity index (χ4v) is 2.17. The molecule has 2 aromatic rings. The Hall–Kier alpha value is -2.56. The van der Waals surface area contributed by atoms with Gasteiger partial charge in [0.15, 0.2) is 5.78 Å². The van der Waals surface area contributed by atoms with Crippen LogP contribution in [-0.2, 0) is 4.79 Å². The summed E-state index contributed by atoms with van der Waals surface area (Å²) in [7, 11) is 0. The van der Waals surface area contributed by atoms with Gasteiger partial charge in [0.05, 0.1) is 5.56 Å². The number of Topliss-reactive ketones (excluding diaryl/α,β-unsaturated/α-hetero) is 1. The molecule has 0 saturated carbocycles. The molecule has 22 heavy (non-hydrogen) atoms. The molecule has 0 atom stereocenters. The first-order chi connectivity index (χ1) is 10.5. The van der Waals surface area contributed by atoms with E-state index in [9.17, 15) is 18.4 Å². The van der Waals surface area contributed by atoms with Crippen LogP contribution in [0.2, 0.25) is 0 Å². The lowest BCUT2D eigenvalue weighted by Crippen LogP contribution is -2.08. The van der Waals surface area contributed by atoms with Crippen molar-refractivity contribution in [3.05, 3.63) is 59.7 Å². The Morgan fingerprint density at radius 3 is 2.27 bits per heavy atom. The molecule has 0 saturated heterocycles. The van der Waals surface area contributed by atoms with Gasteiger partial charge >= 0.3 is 5.97 Å².